The number of halogens is 2. The molecule has 0 radical (unpaired) electrons. The second kappa shape index (κ2) is 7.35. The minimum atomic E-state index is -2.97. The molecule has 8 heteroatoms. The smallest absolute Gasteiger partial charge is 0.281 e. The highest BCUT2D eigenvalue weighted by molar-refractivity contribution is 6.08. The fourth-order valence-electron chi connectivity index (χ4n) is 2.99. The van der Waals surface area contributed by atoms with E-state index in [1.165, 1.54) is 6.92 Å². The van der Waals surface area contributed by atoms with Gasteiger partial charge in [-0.2, -0.15) is 5.26 Å². The molecule has 2 aromatic rings. The number of amides is 1. The molecule has 0 atom stereocenters. The van der Waals surface area contributed by atoms with E-state index in [0.717, 1.165) is 12.8 Å². The quantitative estimate of drug-likeness (QED) is 0.532. The van der Waals surface area contributed by atoms with Gasteiger partial charge in [0.05, 0.1) is 5.56 Å². The minimum absolute atomic E-state index is 0.164. The molecule has 0 aliphatic heterocycles. The van der Waals surface area contributed by atoms with Gasteiger partial charge in [0.2, 0.25) is 0 Å². The third-order valence-corrected chi connectivity index (χ3v) is 4.90. The fourth-order valence-corrected chi connectivity index (χ4v) is 2.99. The van der Waals surface area contributed by atoms with Crippen LogP contribution in [0.2, 0.25) is 0 Å². The highest BCUT2D eigenvalue weighted by atomic mass is 19.3. The Bertz CT molecular complexity index is 1020. The Morgan fingerprint density at radius 2 is 2.04 bits per heavy atom. The van der Waals surface area contributed by atoms with Crippen molar-refractivity contribution in [2.75, 3.05) is 11.1 Å². The van der Waals surface area contributed by atoms with Gasteiger partial charge in [0, 0.05) is 28.6 Å². The number of carbonyl (C=O) groups excluding carboxylic acids is 1. The lowest BCUT2D eigenvalue weighted by Crippen LogP contribution is -2.19. The Morgan fingerprint density at radius 1 is 1.36 bits per heavy atom. The number of nitrogens with two attached hydrogens (primary N) is 1. The van der Waals surface area contributed by atoms with Crippen LogP contribution in [-0.4, -0.2) is 16.6 Å². The summed E-state index contributed by atoms with van der Waals surface area (Å²) in [6.45, 7) is 3.07. The molecule has 0 saturated heterocycles. The average Bonchev–Trinajstić information content (AvgIpc) is 3.49. The van der Waals surface area contributed by atoms with Gasteiger partial charge in [-0.1, -0.05) is 0 Å². The highest BCUT2D eigenvalue weighted by Gasteiger charge is 2.29. The molecule has 0 bridgehead atoms. The fraction of sp³-hybridized carbons (Fsp3) is 0.300. The standard InChI is InChI=1S/C20H19F2N5O/c1-9-10(2)17(27-18(19(21)22)14(9)8-23)20(28)26-12-5-6-15(24)13(7-12)16(25)11-3-4-11/h5-7,11,19,25H,3-4,24H2,1-2H3,(H,26,28). The van der Waals surface area contributed by atoms with E-state index in [9.17, 15) is 13.6 Å². The Labute approximate surface area is 160 Å². The molecular formula is C20H19F2N5O. The third-order valence-electron chi connectivity index (χ3n) is 4.90. The van der Waals surface area contributed by atoms with E-state index in [0.29, 0.717) is 33.8 Å². The normalized spacial score (nSPS) is 13.3. The maximum atomic E-state index is 13.3. The number of anilines is 2. The number of hydrogen-bond acceptors (Lipinski definition) is 5. The van der Waals surface area contributed by atoms with Crippen molar-refractivity contribution < 1.29 is 13.6 Å². The molecule has 0 unspecified atom stereocenters. The van der Waals surface area contributed by atoms with E-state index >= 15 is 0 Å². The molecule has 1 aliphatic carbocycles. The number of hydrogen-bond donors (Lipinski definition) is 3. The summed E-state index contributed by atoms with van der Waals surface area (Å²) in [5.74, 6) is -0.479. The van der Waals surface area contributed by atoms with Crippen LogP contribution in [0.5, 0.6) is 0 Å². The number of benzene rings is 1. The summed E-state index contributed by atoms with van der Waals surface area (Å²) in [4.78, 5) is 16.4. The van der Waals surface area contributed by atoms with Crippen LogP contribution in [0.25, 0.3) is 0 Å². The van der Waals surface area contributed by atoms with Gasteiger partial charge < -0.3 is 16.5 Å². The van der Waals surface area contributed by atoms with Crippen molar-refractivity contribution in [2.24, 2.45) is 5.92 Å². The van der Waals surface area contributed by atoms with Crippen molar-refractivity contribution in [3.63, 3.8) is 0 Å². The summed E-state index contributed by atoms with van der Waals surface area (Å²) >= 11 is 0. The topological polar surface area (TPSA) is 116 Å². The van der Waals surface area contributed by atoms with Gasteiger partial charge in [-0.15, -0.1) is 0 Å². The molecular weight excluding hydrogens is 364 g/mol. The predicted molar refractivity (Wildman–Crippen MR) is 102 cm³/mol. The van der Waals surface area contributed by atoms with E-state index in [-0.39, 0.29) is 17.2 Å². The summed E-state index contributed by atoms with van der Waals surface area (Å²) < 4.78 is 26.6. The first kappa shape index (κ1) is 19.4. The molecule has 144 valence electrons. The van der Waals surface area contributed by atoms with Crippen LogP contribution in [0.1, 0.15) is 57.7 Å². The lowest BCUT2D eigenvalue weighted by Gasteiger charge is -2.14. The van der Waals surface area contributed by atoms with Crippen LogP contribution in [0, 0.1) is 36.5 Å². The van der Waals surface area contributed by atoms with Crippen LogP contribution in [0.3, 0.4) is 0 Å². The van der Waals surface area contributed by atoms with Gasteiger partial charge in [-0.25, -0.2) is 13.8 Å². The van der Waals surface area contributed by atoms with Crippen molar-refractivity contribution in [1.82, 2.24) is 4.98 Å². The summed E-state index contributed by atoms with van der Waals surface area (Å²) in [5, 5.41) is 20.0. The van der Waals surface area contributed by atoms with E-state index in [4.69, 9.17) is 16.4 Å². The summed E-state index contributed by atoms with van der Waals surface area (Å²) in [7, 11) is 0. The molecule has 1 aliphatic rings. The van der Waals surface area contributed by atoms with E-state index < -0.39 is 18.0 Å². The van der Waals surface area contributed by atoms with Crippen molar-refractivity contribution in [2.45, 2.75) is 33.1 Å². The zero-order valence-corrected chi connectivity index (χ0v) is 15.4. The van der Waals surface area contributed by atoms with Gasteiger partial charge in [0.1, 0.15) is 17.5 Å². The van der Waals surface area contributed by atoms with Gasteiger partial charge in [-0.05, 0) is 56.0 Å². The predicted octanol–water partition coefficient (Wildman–Crippen LogP) is 4.12. The van der Waals surface area contributed by atoms with Crippen molar-refractivity contribution in [3.8, 4) is 6.07 Å². The molecule has 6 nitrogen and oxygen atoms in total. The average molecular weight is 383 g/mol. The monoisotopic (exact) mass is 383 g/mol. The van der Waals surface area contributed by atoms with Crippen LogP contribution >= 0.6 is 0 Å². The number of alkyl halides is 2. The first-order valence-electron chi connectivity index (χ1n) is 8.73. The molecule has 0 spiro atoms. The second-order valence-corrected chi connectivity index (χ2v) is 6.83. The Morgan fingerprint density at radius 3 is 2.61 bits per heavy atom. The SMILES string of the molecule is Cc1c(C(=O)Nc2ccc(N)c(C(=N)C3CC3)c2)nc(C(F)F)c(C#N)c1C. The number of nitrogens with one attached hydrogen (secondary N) is 2. The number of rotatable bonds is 5. The van der Waals surface area contributed by atoms with Crippen molar-refractivity contribution >= 4 is 23.0 Å². The van der Waals surface area contributed by atoms with Gasteiger partial charge in [0.15, 0.2) is 0 Å². The van der Waals surface area contributed by atoms with Crippen molar-refractivity contribution in [3.05, 3.63) is 51.8 Å². The van der Waals surface area contributed by atoms with Gasteiger partial charge in [0.25, 0.3) is 12.3 Å². The molecule has 1 fully saturated rings. The zero-order chi connectivity index (χ0) is 20.6. The number of carbonyl (C=O) groups is 1. The van der Waals surface area contributed by atoms with Crippen LogP contribution in [0.4, 0.5) is 20.2 Å². The summed E-state index contributed by atoms with van der Waals surface area (Å²) in [6, 6.07) is 6.51. The minimum Gasteiger partial charge on any atom is -0.398 e. The van der Waals surface area contributed by atoms with Gasteiger partial charge in [-0.3, -0.25) is 4.79 Å². The number of nitrogens with zero attached hydrogens (tertiary/aromatic N) is 2. The lowest BCUT2D eigenvalue weighted by molar-refractivity contribution is 0.101. The Hall–Kier alpha value is -3.34. The molecule has 1 heterocycles. The van der Waals surface area contributed by atoms with Crippen LogP contribution < -0.4 is 11.1 Å². The molecule has 1 aromatic carbocycles. The molecule has 1 saturated carbocycles. The summed E-state index contributed by atoms with van der Waals surface area (Å²) in [5.41, 5.74) is 7.34. The molecule has 1 amide bonds. The van der Waals surface area contributed by atoms with Crippen LogP contribution in [0.15, 0.2) is 18.2 Å². The molecule has 28 heavy (non-hydrogen) atoms. The second-order valence-electron chi connectivity index (χ2n) is 6.83. The maximum absolute atomic E-state index is 13.3. The number of nitriles is 1. The largest absolute Gasteiger partial charge is 0.398 e. The first-order valence-corrected chi connectivity index (χ1v) is 8.73. The summed E-state index contributed by atoms with van der Waals surface area (Å²) in [6.07, 6.45) is -1.08. The highest BCUT2D eigenvalue weighted by Crippen LogP contribution is 2.35. The number of nitrogen functional groups attached to an aromatic ring is 1. The van der Waals surface area contributed by atoms with E-state index in [1.54, 1.807) is 31.2 Å². The zero-order valence-electron chi connectivity index (χ0n) is 15.4. The lowest BCUT2D eigenvalue weighted by atomic mass is 10.0. The molecule has 4 N–H and O–H groups in total. The van der Waals surface area contributed by atoms with Crippen LogP contribution in [-0.2, 0) is 0 Å². The molecule has 3 rings (SSSR count). The third kappa shape index (κ3) is 3.56. The molecule has 1 aromatic heterocycles. The number of aromatic nitrogens is 1. The van der Waals surface area contributed by atoms with E-state index in [2.05, 4.69) is 10.3 Å². The van der Waals surface area contributed by atoms with E-state index in [1.807, 2.05) is 0 Å². The Balaban J connectivity index is 1.95. The van der Waals surface area contributed by atoms with Gasteiger partial charge >= 0.3 is 0 Å². The van der Waals surface area contributed by atoms with Crippen molar-refractivity contribution in [1.29, 1.82) is 10.7 Å². The Kier molecular flexibility index (Phi) is 5.10. The maximum Gasteiger partial charge on any atom is 0.281 e. The first-order chi connectivity index (χ1) is 13.2. The number of pyridine rings is 1.